The third kappa shape index (κ3) is 2.95. The summed E-state index contributed by atoms with van der Waals surface area (Å²) in [5, 5.41) is 7.72. The zero-order chi connectivity index (χ0) is 16.4. The highest BCUT2D eigenvalue weighted by atomic mass is 32.2. The Hall–Kier alpha value is -2.67. The van der Waals surface area contributed by atoms with E-state index in [4.69, 9.17) is 0 Å². The molecule has 0 aliphatic rings. The molecule has 3 aromatic rings. The molecular weight excluding hydrogens is 312 g/mol. The summed E-state index contributed by atoms with van der Waals surface area (Å²) in [4.78, 5) is 0. The SMILES string of the molecule is Cc1ccc(N(C)S(=O)(=O)n2cc(-c3ccccc3)nn2)cc1. The Labute approximate surface area is 135 Å². The molecule has 2 aromatic carbocycles. The van der Waals surface area contributed by atoms with Crippen molar-refractivity contribution in [1.82, 2.24) is 14.4 Å². The van der Waals surface area contributed by atoms with E-state index < -0.39 is 10.2 Å². The second-order valence-electron chi connectivity index (χ2n) is 5.15. The van der Waals surface area contributed by atoms with Crippen LogP contribution < -0.4 is 4.31 Å². The second-order valence-corrected chi connectivity index (χ2v) is 6.97. The Kier molecular flexibility index (Phi) is 3.87. The van der Waals surface area contributed by atoms with E-state index in [1.807, 2.05) is 49.4 Å². The zero-order valence-electron chi connectivity index (χ0n) is 12.8. The molecule has 1 heterocycles. The van der Waals surface area contributed by atoms with Crippen molar-refractivity contribution in [3.63, 3.8) is 0 Å². The van der Waals surface area contributed by atoms with Gasteiger partial charge in [0.2, 0.25) is 0 Å². The summed E-state index contributed by atoms with van der Waals surface area (Å²) in [5.41, 5.74) is 2.94. The van der Waals surface area contributed by atoms with Gasteiger partial charge in [0.15, 0.2) is 0 Å². The monoisotopic (exact) mass is 328 g/mol. The van der Waals surface area contributed by atoms with E-state index >= 15 is 0 Å². The third-order valence-electron chi connectivity index (χ3n) is 3.52. The molecule has 0 unspecified atom stereocenters. The van der Waals surface area contributed by atoms with Crippen molar-refractivity contribution < 1.29 is 8.42 Å². The maximum Gasteiger partial charge on any atom is 0.346 e. The molecule has 0 aliphatic carbocycles. The number of nitrogens with zero attached hydrogens (tertiary/aromatic N) is 4. The molecule has 0 atom stereocenters. The number of aryl methyl sites for hydroxylation is 1. The van der Waals surface area contributed by atoms with Gasteiger partial charge < -0.3 is 0 Å². The molecule has 118 valence electrons. The lowest BCUT2D eigenvalue weighted by molar-refractivity contribution is 0.575. The van der Waals surface area contributed by atoms with Crippen LogP contribution in [0.15, 0.2) is 60.8 Å². The van der Waals surface area contributed by atoms with E-state index in [1.165, 1.54) is 17.5 Å². The molecule has 0 amide bonds. The average Bonchev–Trinajstić information content (AvgIpc) is 3.06. The van der Waals surface area contributed by atoms with E-state index in [-0.39, 0.29) is 0 Å². The van der Waals surface area contributed by atoms with Gasteiger partial charge >= 0.3 is 10.2 Å². The number of rotatable bonds is 4. The van der Waals surface area contributed by atoms with Crippen molar-refractivity contribution in [1.29, 1.82) is 0 Å². The summed E-state index contributed by atoms with van der Waals surface area (Å²) in [5.74, 6) is 0. The van der Waals surface area contributed by atoms with Gasteiger partial charge in [0.05, 0.1) is 11.9 Å². The summed E-state index contributed by atoms with van der Waals surface area (Å²) in [6.45, 7) is 1.95. The van der Waals surface area contributed by atoms with E-state index in [0.29, 0.717) is 11.4 Å². The molecule has 0 fully saturated rings. The largest absolute Gasteiger partial charge is 0.346 e. The molecule has 6 nitrogen and oxygen atoms in total. The third-order valence-corrected chi connectivity index (χ3v) is 5.08. The van der Waals surface area contributed by atoms with E-state index in [1.54, 1.807) is 12.1 Å². The van der Waals surface area contributed by atoms with Crippen molar-refractivity contribution in [2.75, 3.05) is 11.4 Å². The smallest absolute Gasteiger partial charge is 0.255 e. The predicted molar refractivity (Wildman–Crippen MR) is 89.4 cm³/mol. The van der Waals surface area contributed by atoms with Gasteiger partial charge in [0.25, 0.3) is 0 Å². The van der Waals surface area contributed by atoms with Gasteiger partial charge in [-0.2, -0.15) is 8.42 Å². The highest BCUT2D eigenvalue weighted by Gasteiger charge is 2.22. The Morgan fingerprint density at radius 3 is 2.30 bits per heavy atom. The van der Waals surface area contributed by atoms with Gasteiger partial charge in [0, 0.05) is 12.6 Å². The Bertz CT molecular complexity index is 903. The maximum atomic E-state index is 12.6. The summed E-state index contributed by atoms with van der Waals surface area (Å²) < 4.78 is 27.4. The van der Waals surface area contributed by atoms with Crippen LogP contribution in [0.2, 0.25) is 0 Å². The van der Waals surface area contributed by atoms with Crippen molar-refractivity contribution in [2.24, 2.45) is 0 Å². The van der Waals surface area contributed by atoms with Crippen molar-refractivity contribution in [2.45, 2.75) is 6.92 Å². The van der Waals surface area contributed by atoms with Crippen molar-refractivity contribution in [3.8, 4) is 11.3 Å². The maximum absolute atomic E-state index is 12.6. The number of anilines is 1. The molecule has 0 saturated carbocycles. The molecule has 7 heteroatoms. The standard InChI is InChI=1S/C16H16N4O2S/c1-13-8-10-15(11-9-13)19(2)23(21,22)20-12-16(17-18-20)14-6-4-3-5-7-14/h3-12H,1-2H3. The normalized spacial score (nSPS) is 11.4. The van der Waals surface area contributed by atoms with Gasteiger partial charge in [0.1, 0.15) is 5.69 Å². The summed E-state index contributed by atoms with van der Waals surface area (Å²) in [6.07, 6.45) is 1.41. The van der Waals surface area contributed by atoms with Gasteiger partial charge in [-0.1, -0.05) is 53.2 Å². The molecule has 3 rings (SSSR count). The van der Waals surface area contributed by atoms with Crippen LogP contribution in [0.5, 0.6) is 0 Å². The van der Waals surface area contributed by atoms with Crippen molar-refractivity contribution >= 4 is 15.9 Å². The average molecular weight is 328 g/mol. The highest BCUT2D eigenvalue weighted by Crippen LogP contribution is 2.20. The first-order valence-electron chi connectivity index (χ1n) is 7.02. The lowest BCUT2D eigenvalue weighted by Gasteiger charge is -2.18. The van der Waals surface area contributed by atoms with Gasteiger partial charge in [-0.25, -0.2) is 0 Å². The first-order chi connectivity index (χ1) is 11.0. The number of hydrogen-bond donors (Lipinski definition) is 0. The van der Waals surface area contributed by atoms with Gasteiger partial charge in [-0.3, -0.25) is 4.31 Å². The van der Waals surface area contributed by atoms with Crippen LogP contribution in [0.4, 0.5) is 5.69 Å². The van der Waals surface area contributed by atoms with Gasteiger partial charge in [-0.15, -0.1) is 9.19 Å². The fourth-order valence-corrected chi connectivity index (χ4v) is 3.12. The summed E-state index contributed by atoms with van der Waals surface area (Å²) in [7, 11) is -2.33. The fourth-order valence-electron chi connectivity index (χ4n) is 2.12. The molecule has 0 saturated heterocycles. The molecule has 0 spiro atoms. The summed E-state index contributed by atoms with van der Waals surface area (Å²) in [6, 6.07) is 16.5. The summed E-state index contributed by atoms with van der Waals surface area (Å²) >= 11 is 0. The Morgan fingerprint density at radius 1 is 1.00 bits per heavy atom. The molecule has 0 aliphatic heterocycles. The van der Waals surface area contributed by atoms with Crippen LogP contribution >= 0.6 is 0 Å². The first-order valence-corrected chi connectivity index (χ1v) is 8.42. The minimum atomic E-state index is -3.82. The minimum Gasteiger partial charge on any atom is -0.255 e. The molecule has 0 N–H and O–H groups in total. The molecular formula is C16H16N4O2S. The van der Waals surface area contributed by atoms with Gasteiger partial charge in [-0.05, 0) is 19.1 Å². The second kappa shape index (κ2) is 5.85. The first kappa shape index (κ1) is 15.2. The van der Waals surface area contributed by atoms with Crippen LogP contribution in [0.3, 0.4) is 0 Å². The van der Waals surface area contributed by atoms with Crippen LogP contribution in [-0.2, 0) is 10.2 Å². The fraction of sp³-hybridized carbons (Fsp3) is 0.125. The van der Waals surface area contributed by atoms with Crippen molar-refractivity contribution in [3.05, 3.63) is 66.4 Å². The minimum absolute atomic E-state index is 0.506. The number of aromatic nitrogens is 3. The number of benzene rings is 2. The number of hydrogen-bond acceptors (Lipinski definition) is 4. The predicted octanol–water partition coefficient (Wildman–Crippen LogP) is 2.48. The lowest BCUT2D eigenvalue weighted by atomic mass is 10.2. The Balaban J connectivity index is 1.94. The molecule has 23 heavy (non-hydrogen) atoms. The van der Waals surface area contributed by atoms with Crippen LogP contribution in [0, 0.1) is 6.92 Å². The molecule has 1 aromatic heterocycles. The molecule has 0 radical (unpaired) electrons. The van der Waals surface area contributed by atoms with Crippen LogP contribution in [0.25, 0.3) is 11.3 Å². The zero-order valence-corrected chi connectivity index (χ0v) is 13.6. The Morgan fingerprint density at radius 2 is 1.65 bits per heavy atom. The quantitative estimate of drug-likeness (QED) is 0.738. The van der Waals surface area contributed by atoms with E-state index in [2.05, 4.69) is 10.3 Å². The highest BCUT2D eigenvalue weighted by molar-refractivity contribution is 7.91. The molecule has 0 bridgehead atoms. The van der Waals surface area contributed by atoms with E-state index in [9.17, 15) is 8.42 Å². The van der Waals surface area contributed by atoms with Crippen LogP contribution in [-0.4, -0.2) is 29.9 Å². The van der Waals surface area contributed by atoms with Crippen LogP contribution in [0.1, 0.15) is 5.56 Å². The van der Waals surface area contributed by atoms with E-state index in [0.717, 1.165) is 15.2 Å². The topological polar surface area (TPSA) is 68.1 Å². The lowest BCUT2D eigenvalue weighted by Crippen LogP contribution is -2.32.